The molecule has 2 atom stereocenters. The standard InChI is InChI=1S/C22H27ClN6O3S/c1-14(21-24-12-16(23)13-25-21)15(2)33-28-22-27-26-19(10-5-4-6-11-30)29(22)20-17(31)8-7-9-18(20)32-3/h4-5,7-9,12-15,30-31H,6,10-11H2,1-3H3,(H,27,28)/b5-4-. The molecule has 3 N–H and O–H groups in total. The molecule has 0 saturated heterocycles. The molecule has 0 fully saturated rings. The van der Waals surface area contributed by atoms with Crippen LogP contribution in [0.5, 0.6) is 11.5 Å². The number of aliphatic hydroxyl groups excluding tert-OH is 1. The zero-order valence-corrected chi connectivity index (χ0v) is 20.2. The van der Waals surface area contributed by atoms with E-state index in [4.69, 9.17) is 21.4 Å². The molecule has 2 aromatic heterocycles. The van der Waals surface area contributed by atoms with E-state index in [1.54, 1.807) is 42.3 Å². The van der Waals surface area contributed by atoms with Crippen molar-refractivity contribution in [2.45, 2.75) is 37.9 Å². The molecule has 0 aliphatic rings. The molecule has 2 heterocycles. The SMILES string of the molecule is COc1cccc(O)c1-n1c(C/C=C\CCO)nnc1NSC(C)C(C)c1ncc(Cl)cn1. The van der Waals surface area contributed by atoms with Crippen LogP contribution in [0.15, 0.2) is 42.7 Å². The summed E-state index contributed by atoms with van der Waals surface area (Å²) in [6, 6.07) is 5.06. The van der Waals surface area contributed by atoms with E-state index in [0.29, 0.717) is 46.9 Å². The van der Waals surface area contributed by atoms with Gasteiger partial charge in [0.05, 0.1) is 12.1 Å². The molecule has 3 rings (SSSR count). The number of allylic oxidation sites excluding steroid dienone is 1. The third-order valence-electron chi connectivity index (χ3n) is 5.00. The lowest BCUT2D eigenvalue weighted by atomic mass is 10.1. The number of nitrogens with zero attached hydrogens (tertiary/aromatic N) is 5. The number of hydrogen-bond acceptors (Lipinski definition) is 9. The van der Waals surface area contributed by atoms with Crippen LogP contribution in [0.2, 0.25) is 5.02 Å². The Kier molecular flexibility index (Phi) is 8.93. The highest BCUT2D eigenvalue weighted by atomic mass is 35.5. The first kappa shape index (κ1) is 24.8. The number of anilines is 1. The number of rotatable bonds is 11. The van der Waals surface area contributed by atoms with Crippen molar-refractivity contribution < 1.29 is 14.9 Å². The number of aliphatic hydroxyl groups is 1. The zero-order chi connectivity index (χ0) is 23.8. The third-order valence-corrected chi connectivity index (χ3v) is 6.28. The molecule has 1 aromatic carbocycles. The number of aromatic hydroxyl groups is 1. The van der Waals surface area contributed by atoms with Crippen LogP contribution < -0.4 is 9.46 Å². The Morgan fingerprint density at radius 1 is 1.21 bits per heavy atom. The number of aromatic nitrogens is 5. The van der Waals surface area contributed by atoms with Gasteiger partial charge >= 0.3 is 0 Å². The Hall–Kier alpha value is -2.82. The second-order valence-corrected chi connectivity index (χ2v) is 8.88. The Morgan fingerprint density at radius 2 is 1.97 bits per heavy atom. The average molecular weight is 491 g/mol. The number of phenolic OH excluding ortho intramolecular Hbond substituents is 1. The number of halogens is 1. The van der Waals surface area contributed by atoms with E-state index in [-0.39, 0.29) is 23.5 Å². The molecule has 0 spiro atoms. The second-order valence-electron chi connectivity index (χ2n) is 7.26. The van der Waals surface area contributed by atoms with E-state index in [1.165, 1.54) is 11.9 Å². The van der Waals surface area contributed by atoms with Crippen LogP contribution in [-0.2, 0) is 6.42 Å². The van der Waals surface area contributed by atoms with Gasteiger partial charge in [0.25, 0.3) is 0 Å². The normalized spacial score (nSPS) is 13.2. The van der Waals surface area contributed by atoms with Crippen molar-refractivity contribution in [2.75, 3.05) is 18.4 Å². The van der Waals surface area contributed by atoms with Crippen molar-refractivity contribution in [2.24, 2.45) is 0 Å². The number of hydrogen-bond donors (Lipinski definition) is 3. The zero-order valence-electron chi connectivity index (χ0n) is 18.6. The van der Waals surface area contributed by atoms with Gasteiger partial charge in [-0.1, -0.05) is 43.7 Å². The molecular formula is C22H27ClN6O3S. The van der Waals surface area contributed by atoms with Crippen LogP contribution in [-0.4, -0.2) is 53.9 Å². The van der Waals surface area contributed by atoms with Crippen LogP contribution in [0.3, 0.4) is 0 Å². The van der Waals surface area contributed by atoms with E-state index in [9.17, 15) is 5.11 Å². The summed E-state index contributed by atoms with van der Waals surface area (Å²) in [5.74, 6) is 2.31. The molecule has 176 valence electrons. The highest BCUT2D eigenvalue weighted by molar-refractivity contribution is 8.01. The molecule has 33 heavy (non-hydrogen) atoms. The van der Waals surface area contributed by atoms with E-state index in [0.717, 1.165) is 0 Å². The summed E-state index contributed by atoms with van der Waals surface area (Å²) in [7, 11) is 1.54. The van der Waals surface area contributed by atoms with Crippen molar-refractivity contribution in [3.8, 4) is 17.2 Å². The van der Waals surface area contributed by atoms with Crippen molar-refractivity contribution >= 4 is 29.5 Å². The lowest BCUT2D eigenvalue weighted by molar-refractivity contribution is 0.302. The lowest BCUT2D eigenvalue weighted by Crippen LogP contribution is -2.15. The van der Waals surface area contributed by atoms with Gasteiger partial charge in [0.1, 0.15) is 28.8 Å². The number of phenols is 1. The van der Waals surface area contributed by atoms with Gasteiger partial charge in [-0.2, -0.15) is 0 Å². The van der Waals surface area contributed by atoms with Crippen LogP contribution in [0, 0.1) is 0 Å². The van der Waals surface area contributed by atoms with Gasteiger partial charge in [0.15, 0.2) is 0 Å². The summed E-state index contributed by atoms with van der Waals surface area (Å²) >= 11 is 7.35. The summed E-state index contributed by atoms with van der Waals surface area (Å²) in [4.78, 5) is 8.63. The molecule has 11 heteroatoms. The predicted octanol–water partition coefficient (Wildman–Crippen LogP) is 4.16. The van der Waals surface area contributed by atoms with Gasteiger partial charge in [-0.3, -0.25) is 9.29 Å². The molecule has 2 unspecified atom stereocenters. The second kappa shape index (κ2) is 11.9. The van der Waals surface area contributed by atoms with Crippen molar-refractivity contribution in [3.63, 3.8) is 0 Å². The highest BCUT2D eigenvalue weighted by Crippen LogP contribution is 2.36. The Balaban J connectivity index is 1.87. The molecule has 3 aromatic rings. The van der Waals surface area contributed by atoms with Crippen LogP contribution in [0.4, 0.5) is 5.95 Å². The van der Waals surface area contributed by atoms with Gasteiger partial charge in [-0.25, -0.2) is 9.97 Å². The fourth-order valence-electron chi connectivity index (χ4n) is 3.05. The Morgan fingerprint density at radius 3 is 2.67 bits per heavy atom. The maximum atomic E-state index is 10.6. The molecule has 0 amide bonds. The van der Waals surface area contributed by atoms with Gasteiger partial charge in [-0.05, 0) is 30.5 Å². The molecule has 0 radical (unpaired) electrons. The summed E-state index contributed by atoms with van der Waals surface area (Å²) in [6.07, 6.45) is 7.96. The summed E-state index contributed by atoms with van der Waals surface area (Å²) in [5.41, 5.74) is 0.445. The molecular weight excluding hydrogens is 464 g/mol. The topological polar surface area (TPSA) is 118 Å². The van der Waals surface area contributed by atoms with E-state index in [1.807, 2.05) is 19.1 Å². The molecule has 9 nitrogen and oxygen atoms in total. The first-order chi connectivity index (χ1) is 16.0. The van der Waals surface area contributed by atoms with Crippen molar-refractivity contribution in [1.82, 2.24) is 24.7 Å². The third kappa shape index (κ3) is 6.16. The fraction of sp³-hybridized carbons (Fsp3) is 0.364. The Labute approximate surface area is 202 Å². The summed E-state index contributed by atoms with van der Waals surface area (Å²) < 4.78 is 10.5. The average Bonchev–Trinajstić information content (AvgIpc) is 3.22. The monoisotopic (exact) mass is 490 g/mol. The minimum absolute atomic E-state index is 0.0386. The lowest BCUT2D eigenvalue weighted by Gasteiger charge is -2.19. The number of para-hydroxylation sites is 1. The highest BCUT2D eigenvalue weighted by Gasteiger charge is 2.23. The van der Waals surface area contributed by atoms with E-state index < -0.39 is 0 Å². The van der Waals surface area contributed by atoms with Gasteiger partial charge in [0.2, 0.25) is 5.95 Å². The van der Waals surface area contributed by atoms with Crippen LogP contribution in [0.25, 0.3) is 5.69 Å². The number of ether oxygens (including phenoxy) is 1. The molecule has 0 aliphatic heterocycles. The number of benzene rings is 1. The minimum Gasteiger partial charge on any atom is -0.506 e. The van der Waals surface area contributed by atoms with Gasteiger partial charge in [-0.15, -0.1) is 10.2 Å². The minimum atomic E-state index is 0.0386. The van der Waals surface area contributed by atoms with Crippen LogP contribution >= 0.6 is 23.5 Å². The first-order valence-electron chi connectivity index (χ1n) is 10.4. The van der Waals surface area contributed by atoms with E-state index in [2.05, 4.69) is 31.8 Å². The largest absolute Gasteiger partial charge is 0.506 e. The molecule has 0 bridgehead atoms. The first-order valence-corrected chi connectivity index (χ1v) is 11.7. The maximum Gasteiger partial charge on any atom is 0.239 e. The smallest absolute Gasteiger partial charge is 0.239 e. The Bertz CT molecular complexity index is 1080. The summed E-state index contributed by atoms with van der Waals surface area (Å²) in [5, 5.41) is 28.8. The number of methoxy groups -OCH3 is 1. The fourth-order valence-corrected chi connectivity index (χ4v) is 3.89. The molecule has 0 aliphatic carbocycles. The van der Waals surface area contributed by atoms with Crippen molar-refractivity contribution in [1.29, 1.82) is 0 Å². The van der Waals surface area contributed by atoms with Crippen LogP contribution in [0.1, 0.15) is 37.8 Å². The van der Waals surface area contributed by atoms with Crippen molar-refractivity contribution in [3.05, 3.63) is 59.4 Å². The maximum absolute atomic E-state index is 10.6. The molecule has 0 saturated carbocycles. The van der Waals surface area contributed by atoms with Gasteiger partial charge < -0.3 is 14.9 Å². The van der Waals surface area contributed by atoms with E-state index >= 15 is 0 Å². The summed E-state index contributed by atoms with van der Waals surface area (Å²) in [6.45, 7) is 4.17. The van der Waals surface area contributed by atoms with Gasteiger partial charge in [0, 0.05) is 36.6 Å². The number of nitrogens with one attached hydrogen (secondary N) is 1. The quantitative estimate of drug-likeness (QED) is 0.269. The predicted molar refractivity (Wildman–Crippen MR) is 130 cm³/mol.